The molecule has 270 valence electrons. The van der Waals surface area contributed by atoms with Crippen molar-refractivity contribution in [3.8, 4) is 11.5 Å². The predicted octanol–water partition coefficient (Wildman–Crippen LogP) is 6.91. The molecule has 2 N–H and O–H groups in total. The number of rotatable bonds is 8. The van der Waals surface area contributed by atoms with Gasteiger partial charge >= 0.3 is 6.03 Å². The van der Waals surface area contributed by atoms with Crippen LogP contribution in [0.5, 0.6) is 11.5 Å². The number of carbonyl (C=O) groups is 2. The Morgan fingerprint density at radius 2 is 2.02 bits per heavy atom. The van der Waals surface area contributed by atoms with Gasteiger partial charge in [-0.05, 0) is 85.5 Å². The van der Waals surface area contributed by atoms with E-state index in [2.05, 4.69) is 31.2 Å². The Kier molecular flexibility index (Phi) is 8.21. The van der Waals surface area contributed by atoms with Gasteiger partial charge in [-0.15, -0.1) is 0 Å². The van der Waals surface area contributed by atoms with Gasteiger partial charge in [0.05, 0.1) is 47.5 Å². The van der Waals surface area contributed by atoms with E-state index in [1.54, 1.807) is 31.2 Å². The van der Waals surface area contributed by atoms with Gasteiger partial charge in [0.15, 0.2) is 11.5 Å². The van der Waals surface area contributed by atoms with Crippen molar-refractivity contribution < 1.29 is 28.2 Å². The lowest BCUT2D eigenvalue weighted by molar-refractivity contribution is -0.112. The molecule has 3 atom stereocenters. The molecular formula is C40H36ClFN6O5. The van der Waals surface area contributed by atoms with E-state index in [-0.39, 0.29) is 23.6 Å². The lowest BCUT2D eigenvalue weighted by atomic mass is 9.94. The van der Waals surface area contributed by atoms with Gasteiger partial charge in [0.25, 0.3) is 11.7 Å². The number of halogens is 2. The number of amides is 3. The van der Waals surface area contributed by atoms with Crippen molar-refractivity contribution in [3.63, 3.8) is 0 Å². The first-order valence-corrected chi connectivity index (χ1v) is 18.1. The number of aliphatic imine (C=N–C) groups is 1. The Morgan fingerprint density at radius 1 is 1.15 bits per heavy atom. The van der Waals surface area contributed by atoms with Gasteiger partial charge in [0.2, 0.25) is 0 Å². The van der Waals surface area contributed by atoms with Crippen LogP contribution in [0.3, 0.4) is 0 Å². The molecule has 3 aromatic carbocycles. The van der Waals surface area contributed by atoms with Gasteiger partial charge in [-0.1, -0.05) is 29.8 Å². The molecular weight excluding hydrogens is 699 g/mol. The molecule has 0 radical (unpaired) electrons. The second-order valence-electron chi connectivity index (χ2n) is 14.1. The highest BCUT2D eigenvalue weighted by molar-refractivity contribution is 6.30. The number of hydrogen-bond donors (Lipinski definition) is 2. The monoisotopic (exact) mass is 734 g/mol. The number of aromatic nitrogens is 2. The molecule has 0 spiro atoms. The normalized spacial score (nSPS) is 23.4. The molecule has 1 saturated heterocycles. The Hall–Kier alpha value is -5.30. The average Bonchev–Trinajstić information content (AvgIpc) is 3.78. The van der Waals surface area contributed by atoms with Gasteiger partial charge in [0.1, 0.15) is 11.6 Å². The Balaban J connectivity index is 0.928. The Bertz CT molecular complexity index is 2340. The van der Waals surface area contributed by atoms with Gasteiger partial charge in [0, 0.05) is 48.5 Å². The Morgan fingerprint density at radius 3 is 2.79 bits per heavy atom. The number of ether oxygens (including phenoxy) is 3. The van der Waals surface area contributed by atoms with Gasteiger partial charge in [-0.3, -0.25) is 9.69 Å². The fourth-order valence-corrected chi connectivity index (χ4v) is 7.76. The van der Waals surface area contributed by atoms with Gasteiger partial charge in [-0.2, -0.15) is 4.99 Å². The molecule has 13 heteroatoms. The molecule has 5 aliphatic rings. The molecule has 3 amide bonds. The molecule has 1 aliphatic carbocycles. The number of anilines is 1. The zero-order valence-electron chi connectivity index (χ0n) is 29.1. The summed E-state index contributed by atoms with van der Waals surface area (Å²) in [4.78, 5) is 36.5. The van der Waals surface area contributed by atoms with Crippen molar-refractivity contribution in [3.05, 3.63) is 112 Å². The van der Waals surface area contributed by atoms with Crippen LogP contribution in [0, 0.1) is 5.82 Å². The number of urea groups is 1. The standard InChI is InChI=1S/C40H36ClFN6O5/c1-22-16-24(17-32-36(22)46-39(50)45-32)38(49)43-26-7-9-33-31(19-26)44-35(48(33)20-27-12-15-51-27)21-47-13-10-23(11-14-47)28-4-3-5-34-37(28)53-40(2,52-34)29-8-6-25(41)18-30(29)42/h3-10,16-19,27,36H,11-15,20-21H2,1-2H3,(H,43,49)(H,46,50)/t27-,36?,40?/m0/s1. The van der Waals surface area contributed by atoms with Crippen molar-refractivity contribution >= 4 is 51.5 Å². The van der Waals surface area contributed by atoms with E-state index < -0.39 is 17.6 Å². The summed E-state index contributed by atoms with van der Waals surface area (Å²) in [6.45, 7) is 7.15. The summed E-state index contributed by atoms with van der Waals surface area (Å²) in [5.41, 5.74) is 6.54. The number of imidazole rings is 1. The summed E-state index contributed by atoms with van der Waals surface area (Å²) in [6.07, 6.45) is 7.53. The second-order valence-corrected chi connectivity index (χ2v) is 14.5. The minimum Gasteiger partial charge on any atom is -0.444 e. The molecule has 4 aromatic rings. The van der Waals surface area contributed by atoms with Crippen LogP contribution in [0.4, 0.5) is 14.9 Å². The van der Waals surface area contributed by atoms with E-state index in [9.17, 15) is 14.0 Å². The molecule has 53 heavy (non-hydrogen) atoms. The third-order valence-corrected chi connectivity index (χ3v) is 10.7. The third-order valence-electron chi connectivity index (χ3n) is 10.5. The lowest BCUT2D eigenvalue weighted by Gasteiger charge is -2.29. The SMILES string of the molecule is CC1=CC(C(=O)Nc2ccc3c(c2)nc(CN2CC=C(c4cccc5c4OC(C)(c4ccc(Cl)cc4F)O5)CC2)n3C[C@@H]2CCO2)=CC2=NC(=O)NC12. The van der Waals surface area contributed by atoms with Crippen molar-refractivity contribution in [1.29, 1.82) is 0 Å². The highest BCUT2D eigenvalue weighted by atomic mass is 35.5. The number of nitrogens with zero attached hydrogens (tertiary/aromatic N) is 4. The van der Waals surface area contributed by atoms with Crippen molar-refractivity contribution in [1.82, 2.24) is 19.8 Å². The van der Waals surface area contributed by atoms with E-state index in [4.69, 9.17) is 30.8 Å². The summed E-state index contributed by atoms with van der Waals surface area (Å²) in [6, 6.07) is 15.4. The Labute approximate surface area is 309 Å². The number of hydrogen-bond acceptors (Lipinski definition) is 7. The van der Waals surface area contributed by atoms with Crippen LogP contribution in [0.15, 0.2) is 89.0 Å². The van der Waals surface area contributed by atoms with Crippen LogP contribution in [0.25, 0.3) is 16.6 Å². The number of fused-ring (bicyclic) bond motifs is 3. The highest BCUT2D eigenvalue weighted by Gasteiger charge is 2.42. The fourth-order valence-electron chi connectivity index (χ4n) is 7.60. The minimum absolute atomic E-state index is 0.129. The quantitative estimate of drug-likeness (QED) is 0.202. The zero-order valence-corrected chi connectivity index (χ0v) is 29.9. The topological polar surface area (TPSA) is 119 Å². The van der Waals surface area contributed by atoms with Crippen LogP contribution >= 0.6 is 11.6 Å². The van der Waals surface area contributed by atoms with Crippen LogP contribution < -0.4 is 20.1 Å². The predicted molar refractivity (Wildman–Crippen MR) is 199 cm³/mol. The molecule has 1 fully saturated rings. The van der Waals surface area contributed by atoms with Gasteiger partial charge in [-0.25, -0.2) is 14.2 Å². The van der Waals surface area contributed by atoms with Crippen molar-refractivity contribution in [2.45, 2.75) is 57.7 Å². The average molecular weight is 735 g/mol. The molecule has 11 nitrogen and oxygen atoms in total. The maximum atomic E-state index is 14.9. The first-order chi connectivity index (χ1) is 25.6. The molecule has 0 saturated carbocycles. The fraction of sp³-hybridized carbons (Fsp3) is 0.300. The first kappa shape index (κ1) is 33.5. The highest BCUT2D eigenvalue weighted by Crippen LogP contribution is 2.49. The molecule has 0 bridgehead atoms. The lowest BCUT2D eigenvalue weighted by Crippen LogP contribution is -2.34. The van der Waals surface area contributed by atoms with Crippen molar-refractivity contribution in [2.24, 2.45) is 4.99 Å². The zero-order chi connectivity index (χ0) is 36.4. The van der Waals surface area contributed by atoms with Crippen LogP contribution in [-0.4, -0.2) is 63.9 Å². The summed E-state index contributed by atoms with van der Waals surface area (Å²) in [5.74, 6) is -0.00770. The minimum atomic E-state index is -1.32. The summed E-state index contributed by atoms with van der Waals surface area (Å²) in [5, 5.41) is 6.09. The van der Waals surface area contributed by atoms with E-state index in [1.807, 2.05) is 43.3 Å². The van der Waals surface area contributed by atoms with Crippen molar-refractivity contribution in [2.75, 3.05) is 25.0 Å². The number of para-hydroxylation sites is 1. The van der Waals surface area contributed by atoms with Gasteiger partial charge < -0.3 is 29.4 Å². The molecule has 1 aromatic heterocycles. The summed E-state index contributed by atoms with van der Waals surface area (Å²) in [7, 11) is 0. The first-order valence-electron chi connectivity index (χ1n) is 17.7. The number of nitrogens with one attached hydrogen (secondary N) is 2. The van der Waals surface area contributed by atoms with E-state index in [0.29, 0.717) is 53.1 Å². The summed E-state index contributed by atoms with van der Waals surface area (Å²) < 4.78 is 35.5. The molecule has 4 aliphatic heterocycles. The maximum Gasteiger partial charge on any atom is 0.342 e. The number of benzene rings is 3. The molecule has 5 heterocycles. The number of carbonyl (C=O) groups excluding carboxylic acids is 2. The van der Waals surface area contributed by atoms with E-state index in [1.165, 1.54) is 6.07 Å². The van der Waals surface area contributed by atoms with Crippen LogP contribution in [0.1, 0.15) is 43.6 Å². The second kappa shape index (κ2) is 13.0. The molecule has 2 unspecified atom stereocenters. The van der Waals surface area contributed by atoms with E-state index >= 15 is 0 Å². The van der Waals surface area contributed by atoms with Crippen LogP contribution in [-0.2, 0) is 28.4 Å². The smallest absolute Gasteiger partial charge is 0.342 e. The van der Waals surface area contributed by atoms with E-state index in [0.717, 1.165) is 59.6 Å². The third kappa shape index (κ3) is 6.20. The largest absolute Gasteiger partial charge is 0.444 e. The molecule has 9 rings (SSSR count). The summed E-state index contributed by atoms with van der Waals surface area (Å²) >= 11 is 6.00. The van der Waals surface area contributed by atoms with Crippen LogP contribution in [0.2, 0.25) is 5.02 Å². The maximum absolute atomic E-state index is 14.9.